The van der Waals surface area contributed by atoms with Crippen LogP contribution >= 0.6 is 22.9 Å². The zero-order valence-corrected chi connectivity index (χ0v) is 15.6. The Hall–Kier alpha value is -2.71. The van der Waals surface area contributed by atoms with E-state index < -0.39 is 11.7 Å². The fourth-order valence-electron chi connectivity index (χ4n) is 2.73. The van der Waals surface area contributed by atoms with Crippen LogP contribution in [0.15, 0.2) is 59.0 Å². The monoisotopic (exact) mass is 421 g/mol. The maximum atomic E-state index is 12.7. The van der Waals surface area contributed by atoms with Gasteiger partial charge in [0.05, 0.1) is 35.0 Å². The number of alkyl halides is 3. The summed E-state index contributed by atoms with van der Waals surface area (Å²) in [6.07, 6.45) is -2.95. The summed E-state index contributed by atoms with van der Waals surface area (Å²) in [6.45, 7) is 0.210. The largest absolute Gasteiger partial charge is 0.416 e. The molecule has 0 N–H and O–H groups in total. The van der Waals surface area contributed by atoms with Crippen molar-refractivity contribution >= 4 is 33.8 Å². The summed E-state index contributed by atoms with van der Waals surface area (Å²) < 4.78 is 39.5. The second-order valence-corrected chi connectivity index (χ2v) is 7.35. The average Bonchev–Trinajstić information content (AvgIpc) is 3.12. The number of benzene rings is 2. The van der Waals surface area contributed by atoms with E-state index in [-0.39, 0.29) is 12.1 Å². The van der Waals surface area contributed by atoms with Gasteiger partial charge >= 0.3 is 6.18 Å². The van der Waals surface area contributed by atoms with Gasteiger partial charge in [0.15, 0.2) is 0 Å². The molecule has 142 valence electrons. The minimum Gasteiger partial charge on any atom is -0.293 e. The lowest BCUT2D eigenvalue weighted by atomic mass is 10.1. The van der Waals surface area contributed by atoms with Gasteiger partial charge in [-0.15, -0.1) is 11.3 Å². The SMILES string of the molecule is O=c1c2ccc(Cl)cc2ncn1Cc1csc(-c2ccc(C(F)(F)F)cc2)n1. The zero-order valence-electron chi connectivity index (χ0n) is 14.1. The molecule has 28 heavy (non-hydrogen) atoms. The minimum atomic E-state index is -4.37. The van der Waals surface area contributed by atoms with Crippen LogP contribution in [0.2, 0.25) is 5.02 Å². The lowest BCUT2D eigenvalue weighted by molar-refractivity contribution is -0.137. The molecule has 4 nitrogen and oxygen atoms in total. The molecule has 0 saturated heterocycles. The third-order valence-electron chi connectivity index (χ3n) is 4.13. The van der Waals surface area contributed by atoms with Crippen molar-refractivity contribution in [2.45, 2.75) is 12.7 Å². The Bertz CT molecular complexity index is 1220. The number of aromatic nitrogens is 3. The zero-order chi connectivity index (χ0) is 19.9. The van der Waals surface area contributed by atoms with Crippen molar-refractivity contribution in [3.8, 4) is 10.6 Å². The van der Waals surface area contributed by atoms with E-state index in [1.165, 1.54) is 34.4 Å². The van der Waals surface area contributed by atoms with Crippen LogP contribution in [0.25, 0.3) is 21.5 Å². The fraction of sp³-hybridized carbons (Fsp3) is 0.105. The Kier molecular flexibility index (Phi) is 4.68. The maximum absolute atomic E-state index is 12.7. The van der Waals surface area contributed by atoms with Crippen molar-refractivity contribution in [1.29, 1.82) is 0 Å². The van der Waals surface area contributed by atoms with Crippen LogP contribution in [0.5, 0.6) is 0 Å². The fourth-order valence-corrected chi connectivity index (χ4v) is 3.72. The highest BCUT2D eigenvalue weighted by Crippen LogP contribution is 2.31. The summed E-state index contributed by atoms with van der Waals surface area (Å²) in [4.78, 5) is 21.3. The highest BCUT2D eigenvalue weighted by Gasteiger charge is 2.30. The van der Waals surface area contributed by atoms with E-state index in [0.717, 1.165) is 12.1 Å². The smallest absolute Gasteiger partial charge is 0.293 e. The Morgan fingerprint density at radius 3 is 2.57 bits per heavy atom. The molecule has 0 spiro atoms. The Balaban J connectivity index is 1.60. The first-order valence-corrected chi connectivity index (χ1v) is 9.34. The molecule has 0 saturated carbocycles. The third-order valence-corrected chi connectivity index (χ3v) is 5.31. The van der Waals surface area contributed by atoms with Gasteiger partial charge in [0.2, 0.25) is 0 Å². The molecule has 0 aliphatic heterocycles. The van der Waals surface area contributed by atoms with E-state index in [9.17, 15) is 18.0 Å². The van der Waals surface area contributed by atoms with Gasteiger partial charge in [0.25, 0.3) is 5.56 Å². The van der Waals surface area contributed by atoms with Gasteiger partial charge in [-0.3, -0.25) is 9.36 Å². The number of halogens is 4. The molecule has 9 heteroatoms. The van der Waals surface area contributed by atoms with Crippen molar-refractivity contribution in [1.82, 2.24) is 14.5 Å². The van der Waals surface area contributed by atoms with Crippen molar-refractivity contribution in [3.05, 3.63) is 80.8 Å². The summed E-state index contributed by atoms with van der Waals surface area (Å²) in [7, 11) is 0. The first kappa shape index (κ1) is 18.6. The first-order valence-electron chi connectivity index (χ1n) is 8.08. The number of hydrogen-bond donors (Lipinski definition) is 0. The predicted octanol–water partition coefficient (Wildman–Crippen LogP) is 5.24. The van der Waals surface area contributed by atoms with E-state index in [1.54, 1.807) is 23.6 Å². The van der Waals surface area contributed by atoms with E-state index in [0.29, 0.717) is 32.2 Å². The summed E-state index contributed by atoms with van der Waals surface area (Å²) >= 11 is 7.22. The minimum absolute atomic E-state index is 0.210. The topological polar surface area (TPSA) is 47.8 Å². The van der Waals surface area contributed by atoms with Crippen molar-refractivity contribution in [2.75, 3.05) is 0 Å². The predicted molar refractivity (Wildman–Crippen MR) is 103 cm³/mol. The van der Waals surface area contributed by atoms with Gasteiger partial charge in [-0.05, 0) is 30.3 Å². The molecule has 0 atom stereocenters. The molecule has 2 heterocycles. The van der Waals surface area contributed by atoms with Crippen LogP contribution in [0, 0.1) is 0 Å². The van der Waals surface area contributed by atoms with Crippen LogP contribution in [-0.2, 0) is 12.7 Å². The molecular formula is C19H11ClF3N3OS. The van der Waals surface area contributed by atoms with Crippen LogP contribution < -0.4 is 5.56 Å². The second kappa shape index (κ2) is 7.03. The Morgan fingerprint density at radius 2 is 1.86 bits per heavy atom. The second-order valence-electron chi connectivity index (χ2n) is 6.06. The number of nitrogens with zero attached hydrogens (tertiary/aromatic N) is 3. The molecule has 0 aliphatic carbocycles. The maximum Gasteiger partial charge on any atom is 0.416 e. The quantitative estimate of drug-likeness (QED) is 0.454. The Labute approximate surface area is 165 Å². The van der Waals surface area contributed by atoms with E-state index >= 15 is 0 Å². The molecule has 2 aromatic heterocycles. The van der Waals surface area contributed by atoms with Crippen LogP contribution in [0.4, 0.5) is 13.2 Å². The van der Waals surface area contributed by atoms with Gasteiger partial charge in [-0.1, -0.05) is 23.7 Å². The number of fused-ring (bicyclic) bond motifs is 1. The standard InChI is InChI=1S/C19H11ClF3N3OS/c20-13-5-6-15-16(7-13)24-10-26(18(15)27)8-14-9-28-17(25-14)11-1-3-12(4-2-11)19(21,22)23/h1-7,9-10H,8H2. The van der Waals surface area contributed by atoms with Crippen molar-refractivity contribution in [2.24, 2.45) is 0 Å². The normalized spacial score (nSPS) is 11.9. The van der Waals surface area contributed by atoms with Crippen molar-refractivity contribution in [3.63, 3.8) is 0 Å². The summed E-state index contributed by atoms with van der Waals surface area (Å²) in [5.41, 5.74) is 0.796. The molecular weight excluding hydrogens is 411 g/mol. The third kappa shape index (κ3) is 3.65. The van der Waals surface area contributed by atoms with Gasteiger partial charge < -0.3 is 0 Å². The molecule has 4 aromatic rings. The van der Waals surface area contributed by atoms with Crippen LogP contribution in [-0.4, -0.2) is 14.5 Å². The lowest BCUT2D eigenvalue weighted by Gasteiger charge is -2.06. The highest BCUT2D eigenvalue weighted by molar-refractivity contribution is 7.13. The van der Waals surface area contributed by atoms with Gasteiger partial charge in [-0.25, -0.2) is 9.97 Å². The first-order chi connectivity index (χ1) is 13.3. The van der Waals surface area contributed by atoms with Crippen LogP contribution in [0.1, 0.15) is 11.3 Å². The molecule has 0 amide bonds. The molecule has 0 radical (unpaired) electrons. The van der Waals surface area contributed by atoms with Gasteiger partial charge in [0, 0.05) is 16.0 Å². The number of thiazole rings is 1. The summed E-state index contributed by atoms with van der Waals surface area (Å²) in [6, 6.07) is 9.70. The van der Waals surface area contributed by atoms with Gasteiger partial charge in [0.1, 0.15) is 5.01 Å². The van der Waals surface area contributed by atoms with E-state index in [1.807, 2.05) is 0 Å². The molecule has 4 rings (SSSR count). The average molecular weight is 422 g/mol. The van der Waals surface area contributed by atoms with E-state index in [2.05, 4.69) is 9.97 Å². The summed E-state index contributed by atoms with van der Waals surface area (Å²) in [5.74, 6) is 0. The Morgan fingerprint density at radius 1 is 1.11 bits per heavy atom. The highest BCUT2D eigenvalue weighted by atomic mass is 35.5. The number of rotatable bonds is 3. The molecule has 0 unspecified atom stereocenters. The van der Waals surface area contributed by atoms with Gasteiger partial charge in [-0.2, -0.15) is 13.2 Å². The molecule has 0 bridgehead atoms. The lowest BCUT2D eigenvalue weighted by Crippen LogP contribution is -2.21. The van der Waals surface area contributed by atoms with Crippen LogP contribution in [0.3, 0.4) is 0 Å². The molecule has 2 aromatic carbocycles. The molecule has 0 aliphatic rings. The number of hydrogen-bond acceptors (Lipinski definition) is 4. The summed E-state index contributed by atoms with van der Waals surface area (Å²) in [5, 5.41) is 3.30. The van der Waals surface area contributed by atoms with Crippen molar-refractivity contribution < 1.29 is 13.2 Å². The molecule has 0 fully saturated rings. The van der Waals surface area contributed by atoms with E-state index in [4.69, 9.17) is 11.6 Å².